The van der Waals surface area contributed by atoms with Crippen molar-refractivity contribution in [2.75, 3.05) is 0 Å². The molecule has 0 aliphatic heterocycles. The zero-order valence-corrected chi connectivity index (χ0v) is 18.5. The van der Waals surface area contributed by atoms with E-state index in [4.69, 9.17) is 0 Å². The second kappa shape index (κ2) is 8.24. The Hall–Kier alpha value is -0.880. The first-order valence-corrected chi connectivity index (χ1v) is 10.9. The van der Waals surface area contributed by atoms with Crippen LogP contribution in [0.3, 0.4) is 0 Å². The zero-order valence-electron chi connectivity index (χ0n) is 13.3. The molecule has 0 bridgehead atoms. The average molecular weight is 619 g/mol. The maximum atomic E-state index is 13.8. The molecule has 3 aromatic rings. The van der Waals surface area contributed by atoms with Crippen LogP contribution in [0.2, 0.25) is 0 Å². The molecule has 27 heavy (non-hydrogen) atoms. The molecular formula is C19H10F5I2S+. The van der Waals surface area contributed by atoms with Crippen LogP contribution in [0.5, 0.6) is 0 Å². The monoisotopic (exact) mass is 619 g/mol. The zero-order chi connectivity index (χ0) is 19.8. The number of alkyl halides is 3. The van der Waals surface area contributed by atoms with E-state index in [2.05, 4.69) is 45.2 Å². The summed E-state index contributed by atoms with van der Waals surface area (Å²) in [7, 11) is -0.944. The standard InChI is InChI=1S/C19H10F5I2S/c20-12-7-13(21)9-16(8-12)27(15-5-6-17(25)18(26)10-15)14-3-1-11(2-4-14)19(22,23)24/h1-10H/q+1. The summed E-state index contributed by atoms with van der Waals surface area (Å²) in [5, 5.41) is 0. The van der Waals surface area contributed by atoms with Crippen LogP contribution in [0.1, 0.15) is 5.56 Å². The van der Waals surface area contributed by atoms with Crippen molar-refractivity contribution in [3.8, 4) is 0 Å². The molecule has 0 nitrogen and oxygen atoms in total. The summed E-state index contributed by atoms with van der Waals surface area (Å²) in [5.74, 6) is -1.45. The van der Waals surface area contributed by atoms with E-state index < -0.39 is 34.3 Å². The Bertz CT molecular complexity index is 951. The number of rotatable bonds is 3. The van der Waals surface area contributed by atoms with Gasteiger partial charge in [0.1, 0.15) is 11.6 Å². The molecule has 0 amide bonds. The Kier molecular flexibility index (Phi) is 6.36. The van der Waals surface area contributed by atoms with Crippen molar-refractivity contribution >= 4 is 56.1 Å². The maximum absolute atomic E-state index is 13.8. The minimum absolute atomic E-state index is 0.365. The number of hydrogen-bond acceptors (Lipinski definition) is 0. The Labute approximate surface area is 182 Å². The normalized spacial score (nSPS) is 12.9. The summed E-state index contributed by atoms with van der Waals surface area (Å²) in [6.45, 7) is 0. The summed E-state index contributed by atoms with van der Waals surface area (Å²) in [4.78, 5) is 1.68. The van der Waals surface area contributed by atoms with Gasteiger partial charge in [-0.3, -0.25) is 0 Å². The van der Waals surface area contributed by atoms with Crippen LogP contribution >= 0.6 is 45.2 Å². The molecule has 3 aromatic carbocycles. The molecule has 0 radical (unpaired) electrons. The third-order valence-corrected chi connectivity index (χ3v) is 8.66. The lowest BCUT2D eigenvalue weighted by molar-refractivity contribution is -0.137. The smallest absolute Gasteiger partial charge is 0.207 e. The lowest BCUT2D eigenvalue weighted by Crippen LogP contribution is -2.09. The van der Waals surface area contributed by atoms with Gasteiger partial charge in [0.2, 0.25) is 0 Å². The van der Waals surface area contributed by atoms with Gasteiger partial charge in [-0.25, -0.2) is 8.78 Å². The number of halogens is 7. The van der Waals surface area contributed by atoms with Crippen molar-refractivity contribution in [2.24, 2.45) is 0 Å². The highest BCUT2D eigenvalue weighted by molar-refractivity contribution is 14.1. The molecule has 0 aromatic heterocycles. The average Bonchev–Trinajstić information content (AvgIpc) is 2.57. The topological polar surface area (TPSA) is 0 Å². The van der Waals surface area contributed by atoms with Gasteiger partial charge in [0.05, 0.1) is 16.5 Å². The van der Waals surface area contributed by atoms with Crippen molar-refractivity contribution in [3.63, 3.8) is 0 Å². The third kappa shape index (κ3) is 4.94. The first kappa shape index (κ1) is 20.8. The van der Waals surface area contributed by atoms with Crippen molar-refractivity contribution in [3.05, 3.63) is 85.0 Å². The molecule has 0 spiro atoms. The summed E-state index contributed by atoms with van der Waals surface area (Å²) >= 11 is 4.32. The Morgan fingerprint density at radius 1 is 0.630 bits per heavy atom. The predicted octanol–water partition coefficient (Wildman–Crippen LogP) is 7.29. The van der Waals surface area contributed by atoms with Crippen LogP contribution in [0.25, 0.3) is 0 Å². The van der Waals surface area contributed by atoms with E-state index >= 15 is 0 Å². The second-order valence-electron chi connectivity index (χ2n) is 5.51. The molecule has 3 rings (SSSR count). The second-order valence-corrected chi connectivity index (χ2v) is 9.86. The molecule has 0 heterocycles. The minimum atomic E-state index is -4.44. The molecule has 0 N–H and O–H groups in total. The fourth-order valence-corrected chi connectivity index (χ4v) is 5.63. The van der Waals surface area contributed by atoms with Crippen LogP contribution in [-0.4, -0.2) is 0 Å². The molecule has 1 unspecified atom stereocenters. The van der Waals surface area contributed by atoms with E-state index in [0.29, 0.717) is 9.79 Å². The molecule has 0 aliphatic carbocycles. The SMILES string of the molecule is Fc1cc(F)cc([S+](c2ccc(C(F)(F)F)cc2)c2ccc(I)c(I)c2)c1. The first-order chi connectivity index (χ1) is 12.6. The highest BCUT2D eigenvalue weighted by Crippen LogP contribution is 2.36. The minimum Gasteiger partial charge on any atom is -0.207 e. The fraction of sp³-hybridized carbons (Fsp3) is 0.0526. The van der Waals surface area contributed by atoms with Gasteiger partial charge in [-0.15, -0.1) is 0 Å². The van der Waals surface area contributed by atoms with Gasteiger partial charge < -0.3 is 0 Å². The van der Waals surface area contributed by atoms with Gasteiger partial charge in [-0.2, -0.15) is 13.2 Å². The van der Waals surface area contributed by atoms with E-state index in [-0.39, 0.29) is 0 Å². The van der Waals surface area contributed by atoms with Crippen LogP contribution in [0.4, 0.5) is 22.0 Å². The Morgan fingerprint density at radius 2 is 1.19 bits per heavy atom. The van der Waals surface area contributed by atoms with Gasteiger partial charge in [-0.1, -0.05) is 0 Å². The summed E-state index contributed by atoms with van der Waals surface area (Å²) in [6.07, 6.45) is -4.44. The summed E-state index contributed by atoms with van der Waals surface area (Å²) in [5.41, 5.74) is -0.766. The predicted molar refractivity (Wildman–Crippen MR) is 112 cm³/mol. The number of benzene rings is 3. The fourth-order valence-electron chi connectivity index (χ4n) is 2.44. The van der Waals surface area contributed by atoms with Crippen molar-refractivity contribution < 1.29 is 22.0 Å². The molecule has 8 heteroatoms. The molecule has 0 saturated heterocycles. The summed E-state index contributed by atoms with van der Waals surface area (Å²) < 4.78 is 68.2. The number of hydrogen-bond donors (Lipinski definition) is 0. The first-order valence-electron chi connectivity index (χ1n) is 7.48. The van der Waals surface area contributed by atoms with Gasteiger partial charge >= 0.3 is 6.18 Å². The largest absolute Gasteiger partial charge is 0.416 e. The molecule has 0 fully saturated rings. The van der Waals surface area contributed by atoms with E-state index in [1.165, 1.54) is 24.3 Å². The third-order valence-electron chi connectivity index (χ3n) is 3.62. The maximum Gasteiger partial charge on any atom is 0.416 e. The van der Waals surface area contributed by atoms with Crippen LogP contribution in [-0.2, 0) is 17.1 Å². The van der Waals surface area contributed by atoms with Gasteiger partial charge in [0.25, 0.3) is 0 Å². The van der Waals surface area contributed by atoms with Gasteiger partial charge in [-0.05, 0) is 81.6 Å². The Balaban J connectivity index is 2.16. The van der Waals surface area contributed by atoms with Crippen LogP contribution < -0.4 is 0 Å². The molecule has 0 saturated carbocycles. The van der Waals surface area contributed by atoms with Crippen molar-refractivity contribution in [1.29, 1.82) is 0 Å². The highest BCUT2D eigenvalue weighted by atomic mass is 127. The molecule has 0 aliphatic rings. The molecule has 140 valence electrons. The van der Waals surface area contributed by atoms with Crippen LogP contribution in [0, 0.1) is 18.8 Å². The lowest BCUT2D eigenvalue weighted by atomic mass is 10.2. The van der Waals surface area contributed by atoms with E-state index in [0.717, 1.165) is 30.2 Å². The van der Waals surface area contributed by atoms with E-state index in [1.54, 1.807) is 0 Å². The van der Waals surface area contributed by atoms with Gasteiger partial charge in [0, 0.05) is 31.4 Å². The van der Waals surface area contributed by atoms with Crippen LogP contribution in [0.15, 0.2) is 75.4 Å². The van der Waals surface area contributed by atoms with E-state index in [1.807, 2.05) is 18.2 Å². The summed E-state index contributed by atoms with van der Waals surface area (Å²) in [6, 6.07) is 13.5. The van der Waals surface area contributed by atoms with E-state index in [9.17, 15) is 22.0 Å². The van der Waals surface area contributed by atoms with Gasteiger partial charge in [0.15, 0.2) is 14.7 Å². The molecular weight excluding hydrogens is 609 g/mol. The quantitative estimate of drug-likeness (QED) is 0.164. The molecule has 1 atom stereocenters. The van der Waals surface area contributed by atoms with Crippen molar-refractivity contribution in [2.45, 2.75) is 20.9 Å². The Morgan fingerprint density at radius 3 is 1.70 bits per heavy atom. The lowest BCUT2D eigenvalue weighted by Gasteiger charge is -2.11. The highest BCUT2D eigenvalue weighted by Gasteiger charge is 2.34. The van der Waals surface area contributed by atoms with Crippen molar-refractivity contribution in [1.82, 2.24) is 0 Å².